The number of benzene rings is 1. The Morgan fingerprint density at radius 3 is 2.76 bits per heavy atom. The van der Waals surface area contributed by atoms with E-state index in [1.165, 1.54) is 0 Å². The molecule has 0 aliphatic carbocycles. The van der Waals surface area contributed by atoms with Crippen molar-refractivity contribution in [1.29, 1.82) is 0 Å². The van der Waals surface area contributed by atoms with Crippen molar-refractivity contribution in [1.82, 2.24) is 9.80 Å². The fraction of sp³-hybridized carbons (Fsp3) is 0.533. The number of halogens is 1. The van der Waals surface area contributed by atoms with Crippen molar-refractivity contribution in [2.24, 2.45) is 0 Å². The molecule has 1 unspecified atom stereocenters. The molecule has 21 heavy (non-hydrogen) atoms. The number of carbonyl (C=O) groups excluding carboxylic acids is 1. The second kappa shape index (κ2) is 6.69. The van der Waals surface area contributed by atoms with Gasteiger partial charge in [0.05, 0.1) is 18.8 Å². The number of thiol groups is 1. The van der Waals surface area contributed by atoms with E-state index in [4.69, 9.17) is 4.74 Å². The molecule has 114 valence electrons. The molecule has 2 aliphatic rings. The Hall–Kier alpha value is -0.560. The van der Waals surface area contributed by atoms with E-state index in [9.17, 15) is 4.79 Å². The van der Waals surface area contributed by atoms with E-state index in [0.717, 1.165) is 55.2 Å². The van der Waals surface area contributed by atoms with Gasteiger partial charge in [-0.1, -0.05) is 15.9 Å². The molecule has 3 rings (SSSR count). The van der Waals surface area contributed by atoms with Crippen LogP contribution in [0.1, 0.15) is 16.8 Å². The predicted octanol–water partition coefficient (Wildman–Crippen LogP) is 2.28. The molecule has 0 spiro atoms. The van der Waals surface area contributed by atoms with Crippen molar-refractivity contribution in [3.8, 4) is 0 Å². The summed E-state index contributed by atoms with van der Waals surface area (Å²) in [4.78, 5) is 17.7. The number of morpholine rings is 1. The van der Waals surface area contributed by atoms with E-state index in [0.29, 0.717) is 11.6 Å². The summed E-state index contributed by atoms with van der Waals surface area (Å²) in [5.41, 5.74) is 0.684. The number of hydrogen-bond donors (Lipinski definition) is 1. The van der Waals surface area contributed by atoms with Gasteiger partial charge in [-0.25, -0.2) is 0 Å². The predicted molar refractivity (Wildman–Crippen MR) is 88.1 cm³/mol. The number of carbonyl (C=O) groups is 1. The van der Waals surface area contributed by atoms with Gasteiger partial charge in [0.1, 0.15) is 0 Å². The standard InChI is InChI=1S/C15H19BrN2O2S/c16-11-1-2-13(14(21)9-11)15(19)18-4-3-12(10-18)17-5-7-20-8-6-17/h1-2,9,12,21H,3-8,10H2. The third kappa shape index (κ3) is 3.44. The summed E-state index contributed by atoms with van der Waals surface area (Å²) in [7, 11) is 0. The molecule has 2 fully saturated rings. The van der Waals surface area contributed by atoms with Crippen molar-refractivity contribution >= 4 is 34.5 Å². The van der Waals surface area contributed by atoms with Gasteiger partial charge in [0, 0.05) is 41.6 Å². The number of amides is 1. The first-order chi connectivity index (χ1) is 10.1. The fourth-order valence-electron chi connectivity index (χ4n) is 3.02. The van der Waals surface area contributed by atoms with Gasteiger partial charge in [0.15, 0.2) is 0 Å². The van der Waals surface area contributed by atoms with Crippen LogP contribution in [0.5, 0.6) is 0 Å². The number of rotatable bonds is 2. The van der Waals surface area contributed by atoms with Crippen molar-refractivity contribution < 1.29 is 9.53 Å². The van der Waals surface area contributed by atoms with E-state index in [-0.39, 0.29) is 5.91 Å². The highest BCUT2D eigenvalue weighted by Gasteiger charge is 2.31. The fourth-order valence-corrected chi connectivity index (χ4v) is 3.87. The van der Waals surface area contributed by atoms with E-state index in [1.807, 2.05) is 23.1 Å². The molecule has 6 heteroatoms. The van der Waals surface area contributed by atoms with E-state index < -0.39 is 0 Å². The van der Waals surface area contributed by atoms with Crippen LogP contribution in [-0.4, -0.2) is 61.1 Å². The molecule has 0 radical (unpaired) electrons. The van der Waals surface area contributed by atoms with Gasteiger partial charge in [0.2, 0.25) is 0 Å². The highest BCUT2D eigenvalue weighted by atomic mass is 79.9. The summed E-state index contributed by atoms with van der Waals surface area (Å²) in [6, 6.07) is 6.07. The smallest absolute Gasteiger partial charge is 0.255 e. The van der Waals surface area contributed by atoms with Gasteiger partial charge in [-0.3, -0.25) is 9.69 Å². The molecule has 1 aromatic rings. The molecule has 4 nitrogen and oxygen atoms in total. The van der Waals surface area contributed by atoms with Crippen LogP contribution in [0, 0.1) is 0 Å². The zero-order valence-electron chi connectivity index (χ0n) is 11.8. The maximum atomic E-state index is 12.6. The minimum atomic E-state index is 0.0864. The molecule has 1 aromatic carbocycles. The summed E-state index contributed by atoms with van der Waals surface area (Å²) in [6.07, 6.45) is 1.05. The molecule has 2 saturated heterocycles. The second-order valence-corrected chi connectivity index (χ2v) is 6.90. The minimum Gasteiger partial charge on any atom is -0.379 e. The SMILES string of the molecule is O=C(c1ccc(Br)cc1S)N1CCC(N2CCOCC2)C1. The summed E-state index contributed by atoms with van der Waals surface area (Å²) in [5, 5.41) is 0. The molecule has 0 bridgehead atoms. The van der Waals surface area contributed by atoms with Gasteiger partial charge >= 0.3 is 0 Å². The van der Waals surface area contributed by atoms with Crippen molar-refractivity contribution in [3.63, 3.8) is 0 Å². The van der Waals surface area contributed by atoms with Gasteiger partial charge in [-0.2, -0.15) is 0 Å². The van der Waals surface area contributed by atoms with Gasteiger partial charge in [-0.15, -0.1) is 12.6 Å². The van der Waals surface area contributed by atoms with Crippen LogP contribution >= 0.6 is 28.6 Å². The first-order valence-corrected chi connectivity index (χ1v) is 8.49. The lowest BCUT2D eigenvalue weighted by molar-refractivity contribution is 0.0185. The maximum absolute atomic E-state index is 12.6. The molecule has 0 N–H and O–H groups in total. The van der Waals surface area contributed by atoms with Crippen LogP contribution in [0.4, 0.5) is 0 Å². The first kappa shape index (κ1) is 15.3. The second-order valence-electron chi connectivity index (χ2n) is 5.50. The largest absolute Gasteiger partial charge is 0.379 e. The summed E-state index contributed by atoms with van der Waals surface area (Å²) < 4.78 is 6.33. The van der Waals surface area contributed by atoms with Crippen LogP contribution in [0.3, 0.4) is 0 Å². The Morgan fingerprint density at radius 1 is 1.29 bits per heavy atom. The minimum absolute atomic E-state index is 0.0864. The molecule has 1 amide bonds. The Bertz CT molecular complexity index is 534. The zero-order valence-corrected chi connectivity index (χ0v) is 14.3. The molecule has 1 atom stereocenters. The quantitative estimate of drug-likeness (QED) is 0.810. The Morgan fingerprint density at radius 2 is 2.05 bits per heavy atom. The Kier molecular flexibility index (Phi) is 4.88. The van der Waals surface area contributed by atoms with E-state index >= 15 is 0 Å². The molecule has 0 aromatic heterocycles. The van der Waals surface area contributed by atoms with Gasteiger partial charge in [0.25, 0.3) is 5.91 Å². The zero-order chi connectivity index (χ0) is 14.8. The Labute approximate surface area is 139 Å². The average molecular weight is 371 g/mol. The van der Waals surface area contributed by atoms with Crippen LogP contribution in [0.15, 0.2) is 27.6 Å². The van der Waals surface area contributed by atoms with Gasteiger partial charge < -0.3 is 9.64 Å². The Balaban J connectivity index is 1.66. The normalized spacial score (nSPS) is 23.5. The van der Waals surface area contributed by atoms with Crippen LogP contribution in [0.2, 0.25) is 0 Å². The average Bonchev–Trinajstić information content (AvgIpc) is 2.97. The highest BCUT2D eigenvalue weighted by Crippen LogP contribution is 2.24. The lowest BCUT2D eigenvalue weighted by Gasteiger charge is -2.32. The number of hydrogen-bond acceptors (Lipinski definition) is 4. The van der Waals surface area contributed by atoms with Crippen molar-refractivity contribution in [2.75, 3.05) is 39.4 Å². The summed E-state index contributed by atoms with van der Waals surface area (Å²) in [5.74, 6) is 0.0864. The lowest BCUT2D eigenvalue weighted by Crippen LogP contribution is -2.45. The van der Waals surface area contributed by atoms with Crippen LogP contribution in [0.25, 0.3) is 0 Å². The molecule has 2 aliphatic heterocycles. The summed E-state index contributed by atoms with van der Waals surface area (Å²) >= 11 is 7.82. The molecule has 0 saturated carbocycles. The van der Waals surface area contributed by atoms with Crippen LogP contribution < -0.4 is 0 Å². The first-order valence-electron chi connectivity index (χ1n) is 7.25. The highest BCUT2D eigenvalue weighted by molar-refractivity contribution is 9.10. The van der Waals surface area contributed by atoms with Gasteiger partial charge in [-0.05, 0) is 24.6 Å². The summed E-state index contributed by atoms with van der Waals surface area (Å²) in [6.45, 7) is 5.19. The number of likely N-dealkylation sites (tertiary alicyclic amines) is 1. The third-order valence-corrected chi connectivity index (χ3v) is 5.07. The molecule has 2 heterocycles. The lowest BCUT2D eigenvalue weighted by atomic mass is 10.2. The monoisotopic (exact) mass is 370 g/mol. The van der Waals surface area contributed by atoms with E-state index in [2.05, 4.69) is 33.5 Å². The topological polar surface area (TPSA) is 32.8 Å². The maximum Gasteiger partial charge on any atom is 0.255 e. The molecular formula is C15H19BrN2O2S. The number of nitrogens with zero attached hydrogens (tertiary/aromatic N) is 2. The van der Waals surface area contributed by atoms with E-state index in [1.54, 1.807) is 0 Å². The van der Waals surface area contributed by atoms with Crippen LogP contribution in [-0.2, 0) is 4.74 Å². The molecular weight excluding hydrogens is 352 g/mol. The van der Waals surface area contributed by atoms with Crippen molar-refractivity contribution in [2.45, 2.75) is 17.4 Å². The van der Waals surface area contributed by atoms with Crippen molar-refractivity contribution in [3.05, 3.63) is 28.2 Å². The third-order valence-electron chi connectivity index (χ3n) is 4.20. The number of ether oxygens (including phenoxy) is 1.